The van der Waals surface area contributed by atoms with Gasteiger partial charge in [0, 0.05) is 24.2 Å². The smallest absolute Gasteiger partial charge is 0.238 e. The number of hydrogen-bond acceptors (Lipinski definition) is 4. The van der Waals surface area contributed by atoms with E-state index in [1.165, 1.54) is 12.1 Å². The number of fused-ring (bicyclic) bond motifs is 1. The van der Waals surface area contributed by atoms with Gasteiger partial charge in [-0.1, -0.05) is 26.0 Å². The zero-order valence-corrected chi connectivity index (χ0v) is 15.6. The molecule has 1 aliphatic heterocycles. The van der Waals surface area contributed by atoms with Gasteiger partial charge in [-0.3, -0.25) is 4.79 Å². The first-order chi connectivity index (χ1) is 13.0. The largest absolute Gasteiger partial charge is 0.490 e. The van der Waals surface area contributed by atoms with Crippen molar-refractivity contribution in [2.45, 2.75) is 26.3 Å². The highest BCUT2D eigenvalue weighted by molar-refractivity contribution is 5.92. The Morgan fingerprint density at radius 2 is 1.78 bits per heavy atom. The number of anilines is 1. The average molecular weight is 372 g/mol. The van der Waals surface area contributed by atoms with Gasteiger partial charge in [0.2, 0.25) is 5.91 Å². The number of halogens is 1. The molecular weight excluding hydrogens is 347 g/mol. The molecule has 0 saturated heterocycles. The molecule has 2 aromatic rings. The first-order valence-corrected chi connectivity index (χ1v) is 9.21. The Labute approximate surface area is 158 Å². The van der Waals surface area contributed by atoms with Crippen LogP contribution in [0.4, 0.5) is 10.1 Å². The number of carbonyl (C=O) groups is 1. The molecule has 1 unspecified atom stereocenters. The first-order valence-electron chi connectivity index (χ1n) is 9.21. The summed E-state index contributed by atoms with van der Waals surface area (Å²) in [7, 11) is 0. The molecule has 2 N–H and O–H groups in total. The van der Waals surface area contributed by atoms with Crippen LogP contribution in [0.2, 0.25) is 0 Å². The van der Waals surface area contributed by atoms with Crippen LogP contribution in [-0.4, -0.2) is 25.7 Å². The normalized spacial score (nSPS) is 14.5. The van der Waals surface area contributed by atoms with Crippen LogP contribution in [0.25, 0.3) is 0 Å². The third-order valence-electron chi connectivity index (χ3n) is 4.41. The van der Waals surface area contributed by atoms with Gasteiger partial charge in [-0.05, 0) is 35.7 Å². The van der Waals surface area contributed by atoms with Crippen LogP contribution in [0, 0.1) is 11.7 Å². The molecular formula is C21H25FN2O3. The Morgan fingerprint density at radius 1 is 1.07 bits per heavy atom. The topological polar surface area (TPSA) is 59.6 Å². The average Bonchev–Trinajstić information content (AvgIpc) is 2.88. The van der Waals surface area contributed by atoms with Crippen molar-refractivity contribution in [3.05, 3.63) is 53.8 Å². The minimum atomic E-state index is -0.270. The second-order valence-electron chi connectivity index (χ2n) is 6.91. The molecule has 0 saturated carbocycles. The number of hydrogen-bond donors (Lipinski definition) is 2. The molecule has 6 heteroatoms. The minimum Gasteiger partial charge on any atom is -0.490 e. The summed E-state index contributed by atoms with van der Waals surface area (Å²) in [6.45, 7) is 5.49. The summed E-state index contributed by atoms with van der Waals surface area (Å²) >= 11 is 0. The first kappa shape index (κ1) is 19.2. The molecule has 27 heavy (non-hydrogen) atoms. The fourth-order valence-electron chi connectivity index (χ4n) is 3.06. The van der Waals surface area contributed by atoms with Crippen molar-refractivity contribution in [3.63, 3.8) is 0 Å². The molecule has 0 aromatic heterocycles. The summed E-state index contributed by atoms with van der Waals surface area (Å²) in [5.41, 5.74) is 1.61. The zero-order valence-electron chi connectivity index (χ0n) is 15.6. The number of carbonyl (C=O) groups excluding carboxylic acids is 1. The van der Waals surface area contributed by atoms with Gasteiger partial charge in [0.15, 0.2) is 11.5 Å². The summed E-state index contributed by atoms with van der Waals surface area (Å²) in [4.78, 5) is 12.4. The lowest BCUT2D eigenvalue weighted by Gasteiger charge is -2.23. The van der Waals surface area contributed by atoms with Crippen molar-refractivity contribution < 1.29 is 18.7 Å². The predicted molar refractivity (Wildman–Crippen MR) is 103 cm³/mol. The highest BCUT2D eigenvalue weighted by Gasteiger charge is 2.17. The van der Waals surface area contributed by atoms with E-state index in [4.69, 9.17) is 9.47 Å². The molecule has 1 aliphatic rings. The molecule has 0 radical (unpaired) electrons. The Balaban J connectivity index is 1.60. The lowest BCUT2D eigenvalue weighted by molar-refractivity contribution is -0.115. The number of nitrogens with one attached hydrogen (secondary N) is 2. The lowest BCUT2D eigenvalue weighted by Crippen LogP contribution is -2.33. The molecule has 1 heterocycles. The maximum atomic E-state index is 13.1. The predicted octanol–water partition coefficient (Wildman–Crippen LogP) is 3.91. The molecule has 1 amide bonds. The van der Waals surface area contributed by atoms with Crippen molar-refractivity contribution in [2.75, 3.05) is 25.1 Å². The highest BCUT2D eigenvalue weighted by Crippen LogP contribution is 2.32. The fraction of sp³-hybridized carbons (Fsp3) is 0.381. The van der Waals surface area contributed by atoms with Crippen molar-refractivity contribution >= 4 is 11.6 Å². The number of amides is 1. The number of benzene rings is 2. The van der Waals surface area contributed by atoms with Crippen LogP contribution in [0.1, 0.15) is 31.9 Å². The van der Waals surface area contributed by atoms with Gasteiger partial charge >= 0.3 is 0 Å². The lowest BCUT2D eigenvalue weighted by atomic mass is 9.96. The van der Waals surface area contributed by atoms with Gasteiger partial charge in [-0.15, -0.1) is 0 Å². The Hall–Kier alpha value is -2.60. The van der Waals surface area contributed by atoms with Gasteiger partial charge in [0.1, 0.15) is 5.82 Å². The summed E-state index contributed by atoms with van der Waals surface area (Å²) in [5.74, 6) is 1.16. The maximum Gasteiger partial charge on any atom is 0.238 e. The van der Waals surface area contributed by atoms with Gasteiger partial charge < -0.3 is 20.1 Å². The molecule has 5 nitrogen and oxygen atoms in total. The van der Waals surface area contributed by atoms with Crippen LogP contribution in [0.3, 0.4) is 0 Å². The molecule has 0 spiro atoms. The van der Waals surface area contributed by atoms with Crippen LogP contribution < -0.4 is 20.1 Å². The van der Waals surface area contributed by atoms with Crippen LogP contribution in [-0.2, 0) is 4.79 Å². The van der Waals surface area contributed by atoms with Gasteiger partial charge in [0.25, 0.3) is 0 Å². The number of ether oxygens (including phenoxy) is 2. The third kappa shape index (κ3) is 5.20. The van der Waals surface area contributed by atoms with Crippen molar-refractivity contribution in [3.8, 4) is 11.5 Å². The van der Waals surface area contributed by atoms with Crippen LogP contribution in [0.15, 0.2) is 42.5 Å². The second kappa shape index (κ2) is 8.86. The molecule has 0 bridgehead atoms. The van der Waals surface area contributed by atoms with Crippen LogP contribution >= 0.6 is 0 Å². The van der Waals surface area contributed by atoms with E-state index in [-0.39, 0.29) is 30.2 Å². The summed E-state index contributed by atoms with van der Waals surface area (Å²) in [5, 5.41) is 6.13. The van der Waals surface area contributed by atoms with E-state index in [1.54, 1.807) is 30.3 Å². The Morgan fingerprint density at radius 3 is 2.48 bits per heavy atom. The highest BCUT2D eigenvalue weighted by atomic mass is 19.1. The van der Waals surface area contributed by atoms with E-state index in [0.717, 1.165) is 12.0 Å². The number of rotatable bonds is 6. The molecule has 0 fully saturated rings. The molecule has 1 atom stereocenters. The third-order valence-corrected chi connectivity index (χ3v) is 4.41. The van der Waals surface area contributed by atoms with Crippen molar-refractivity contribution in [1.82, 2.24) is 5.32 Å². The quantitative estimate of drug-likeness (QED) is 0.807. The molecule has 144 valence electrons. The molecule has 0 aliphatic carbocycles. The zero-order chi connectivity index (χ0) is 19.2. The van der Waals surface area contributed by atoms with Crippen molar-refractivity contribution in [1.29, 1.82) is 0 Å². The maximum absolute atomic E-state index is 13.1. The van der Waals surface area contributed by atoms with E-state index in [0.29, 0.717) is 30.4 Å². The van der Waals surface area contributed by atoms with E-state index in [9.17, 15) is 9.18 Å². The van der Waals surface area contributed by atoms with E-state index in [1.807, 2.05) is 0 Å². The molecule has 3 rings (SSSR count). The van der Waals surface area contributed by atoms with Gasteiger partial charge in [-0.2, -0.15) is 0 Å². The monoisotopic (exact) mass is 372 g/mol. The van der Waals surface area contributed by atoms with E-state index in [2.05, 4.69) is 24.5 Å². The molecule has 2 aromatic carbocycles. The van der Waals surface area contributed by atoms with Gasteiger partial charge in [0.05, 0.1) is 19.8 Å². The second-order valence-corrected chi connectivity index (χ2v) is 6.91. The standard InChI is InChI=1S/C21H25FN2O3/c1-14(2)21(15-4-6-16(22)7-5-15)23-13-20(25)24-17-8-9-18-19(12-17)27-11-3-10-26-18/h4-9,12,14,21,23H,3,10-11,13H2,1-2H3,(H,24,25). The van der Waals surface area contributed by atoms with Crippen LogP contribution in [0.5, 0.6) is 11.5 Å². The summed E-state index contributed by atoms with van der Waals surface area (Å²) < 4.78 is 24.4. The van der Waals surface area contributed by atoms with E-state index >= 15 is 0 Å². The van der Waals surface area contributed by atoms with Gasteiger partial charge in [-0.25, -0.2) is 4.39 Å². The summed E-state index contributed by atoms with van der Waals surface area (Å²) in [6, 6.07) is 11.7. The van der Waals surface area contributed by atoms with Crippen molar-refractivity contribution in [2.24, 2.45) is 5.92 Å². The van der Waals surface area contributed by atoms with E-state index < -0.39 is 0 Å². The Kier molecular flexibility index (Phi) is 6.29. The summed E-state index contributed by atoms with van der Waals surface area (Å²) in [6.07, 6.45) is 0.834. The Bertz CT molecular complexity index is 777. The minimum absolute atomic E-state index is 0.0415. The fourth-order valence-corrected chi connectivity index (χ4v) is 3.06. The SMILES string of the molecule is CC(C)C(NCC(=O)Nc1ccc2c(c1)OCCCO2)c1ccc(F)cc1.